The quantitative estimate of drug-likeness (QED) is 0.694. The molecule has 0 spiro atoms. The van der Waals surface area contributed by atoms with Crippen molar-refractivity contribution in [2.45, 2.75) is 32.7 Å². The first-order valence-corrected chi connectivity index (χ1v) is 10.9. The van der Waals surface area contributed by atoms with Gasteiger partial charge in [-0.2, -0.15) is 0 Å². The van der Waals surface area contributed by atoms with Gasteiger partial charge in [0.2, 0.25) is 15.9 Å². The first-order chi connectivity index (χ1) is 12.7. The lowest BCUT2D eigenvalue weighted by Crippen LogP contribution is -2.35. The Hall–Kier alpha value is -2.34. The molecule has 0 aliphatic rings. The maximum atomic E-state index is 12.5. The number of hydrogen-bond donors (Lipinski definition) is 0. The summed E-state index contributed by atoms with van der Waals surface area (Å²) in [6.07, 6.45) is 1.31. The number of para-hydroxylation sites is 1. The maximum absolute atomic E-state index is 12.5. The summed E-state index contributed by atoms with van der Waals surface area (Å²) >= 11 is 0. The predicted octanol–water partition coefficient (Wildman–Crippen LogP) is 3.62. The lowest BCUT2D eigenvalue weighted by atomic mass is 10.0. The van der Waals surface area contributed by atoms with Gasteiger partial charge in [0.1, 0.15) is 0 Å². The van der Waals surface area contributed by atoms with Gasteiger partial charge >= 0.3 is 0 Å². The normalized spacial score (nSPS) is 11.4. The minimum absolute atomic E-state index is 0.0884. The van der Waals surface area contributed by atoms with E-state index < -0.39 is 10.0 Å². The lowest BCUT2D eigenvalue weighted by Gasteiger charge is -2.27. The Kier molecular flexibility index (Phi) is 7.02. The molecule has 5 nitrogen and oxygen atoms in total. The van der Waals surface area contributed by atoms with Crippen LogP contribution in [0.25, 0.3) is 0 Å². The smallest absolute Gasteiger partial charge is 0.232 e. The molecule has 0 radical (unpaired) electrons. The number of amides is 1. The number of sulfonamides is 1. The van der Waals surface area contributed by atoms with Crippen molar-refractivity contribution in [3.8, 4) is 0 Å². The van der Waals surface area contributed by atoms with E-state index in [1.807, 2.05) is 62.4 Å². The minimum atomic E-state index is -3.49. The highest BCUT2D eigenvalue weighted by atomic mass is 32.2. The highest BCUT2D eigenvalue weighted by Crippen LogP contribution is 2.29. The summed E-state index contributed by atoms with van der Waals surface area (Å²) in [5.74, 6) is 0.0939. The monoisotopic (exact) mass is 388 g/mol. The highest BCUT2D eigenvalue weighted by Gasteiger charge is 2.22. The van der Waals surface area contributed by atoms with Gasteiger partial charge in [-0.15, -0.1) is 0 Å². The molecule has 0 unspecified atom stereocenters. The van der Waals surface area contributed by atoms with Gasteiger partial charge in [0.15, 0.2) is 0 Å². The topological polar surface area (TPSA) is 57.7 Å². The molecule has 1 amide bonds. The van der Waals surface area contributed by atoms with Gasteiger partial charge in [-0.25, -0.2) is 8.42 Å². The van der Waals surface area contributed by atoms with E-state index in [4.69, 9.17) is 0 Å². The van der Waals surface area contributed by atoms with Crippen LogP contribution in [0.4, 0.5) is 5.69 Å². The fourth-order valence-electron chi connectivity index (χ4n) is 3.00. The van der Waals surface area contributed by atoms with E-state index in [0.717, 1.165) is 11.1 Å². The van der Waals surface area contributed by atoms with Crippen molar-refractivity contribution in [2.75, 3.05) is 24.2 Å². The van der Waals surface area contributed by atoms with Crippen LogP contribution in [0.1, 0.15) is 37.3 Å². The maximum Gasteiger partial charge on any atom is 0.232 e. The Morgan fingerprint density at radius 1 is 1.00 bits per heavy atom. The first-order valence-electron chi connectivity index (χ1n) is 9.04. The van der Waals surface area contributed by atoms with Crippen LogP contribution in [0, 0.1) is 0 Å². The summed E-state index contributed by atoms with van der Waals surface area (Å²) < 4.78 is 26.1. The van der Waals surface area contributed by atoms with Gasteiger partial charge in [0, 0.05) is 26.6 Å². The second kappa shape index (κ2) is 9.04. The zero-order chi connectivity index (χ0) is 20.0. The highest BCUT2D eigenvalue weighted by molar-refractivity contribution is 7.92. The average molecular weight is 389 g/mol. The van der Waals surface area contributed by atoms with Crippen molar-refractivity contribution >= 4 is 21.6 Å². The molecule has 0 atom stereocenters. The molecule has 0 aliphatic carbocycles. The van der Waals surface area contributed by atoms with Crippen molar-refractivity contribution in [3.63, 3.8) is 0 Å². The van der Waals surface area contributed by atoms with Gasteiger partial charge in [0.05, 0.1) is 11.9 Å². The summed E-state index contributed by atoms with van der Waals surface area (Å²) in [7, 11) is -1.75. The minimum Gasteiger partial charge on any atom is -0.341 e. The summed E-state index contributed by atoms with van der Waals surface area (Å²) in [5, 5.41) is 0. The molecule has 0 fully saturated rings. The van der Waals surface area contributed by atoms with Gasteiger partial charge < -0.3 is 4.90 Å². The molecule has 0 saturated heterocycles. The third kappa shape index (κ3) is 5.82. The molecule has 0 saturated carbocycles. The molecular weight excluding hydrogens is 360 g/mol. The second-order valence-electron chi connectivity index (χ2n) is 7.03. The second-order valence-corrected chi connectivity index (χ2v) is 8.94. The molecule has 6 heteroatoms. The van der Waals surface area contributed by atoms with Crippen LogP contribution in [0.2, 0.25) is 0 Å². The summed E-state index contributed by atoms with van der Waals surface area (Å²) in [6, 6.07) is 17.2. The zero-order valence-corrected chi connectivity index (χ0v) is 17.2. The third-order valence-electron chi connectivity index (χ3n) is 4.44. The van der Waals surface area contributed by atoms with Crippen LogP contribution in [-0.2, 0) is 21.4 Å². The van der Waals surface area contributed by atoms with Crippen molar-refractivity contribution in [3.05, 3.63) is 65.7 Å². The molecule has 2 aromatic carbocycles. The van der Waals surface area contributed by atoms with Crippen molar-refractivity contribution in [1.29, 1.82) is 0 Å². The lowest BCUT2D eigenvalue weighted by molar-refractivity contribution is -0.130. The number of rotatable bonds is 8. The standard InChI is InChI=1S/C21H28N2O3S/c1-17(2)19-12-8-9-13-20(19)23(27(4,25)26)15-14-21(24)22(3)16-18-10-6-5-7-11-18/h5-13,17H,14-16H2,1-4H3. The third-order valence-corrected chi connectivity index (χ3v) is 5.62. The SMILES string of the molecule is CC(C)c1ccccc1N(CCC(=O)N(C)Cc1ccccc1)S(C)(=O)=O. The molecule has 2 rings (SSSR count). The first kappa shape index (κ1) is 21.0. The van der Waals surface area contributed by atoms with E-state index in [1.165, 1.54) is 10.6 Å². The number of carbonyl (C=O) groups excluding carboxylic acids is 1. The largest absolute Gasteiger partial charge is 0.341 e. The van der Waals surface area contributed by atoms with Crippen LogP contribution < -0.4 is 4.31 Å². The van der Waals surface area contributed by atoms with E-state index in [-0.39, 0.29) is 24.8 Å². The van der Waals surface area contributed by atoms with Crippen LogP contribution >= 0.6 is 0 Å². The molecule has 0 aliphatic heterocycles. The molecule has 146 valence electrons. The van der Waals surface area contributed by atoms with Crippen LogP contribution in [0.3, 0.4) is 0 Å². The van der Waals surface area contributed by atoms with Crippen LogP contribution in [-0.4, -0.2) is 39.1 Å². The van der Waals surface area contributed by atoms with Gasteiger partial charge in [-0.05, 0) is 23.1 Å². The number of nitrogens with zero attached hydrogens (tertiary/aromatic N) is 2. The summed E-state index contributed by atoms with van der Waals surface area (Å²) in [5.41, 5.74) is 2.64. The van der Waals surface area contributed by atoms with E-state index >= 15 is 0 Å². The van der Waals surface area contributed by atoms with Crippen LogP contribution in [0.15, 0.2) is 54.6 Å². The van der Waals surface area contributed by atoms with E-state index in [0.29, 0.717) is 12.2 Å². The number of anilines is 1. The molecule has 0 heterocycles. The average Bonchev–Trinajstić information content (AvgIpc) is 2.61. The van der Waals surface area contributed by atoms with Gasteiger partial charge in [-0.3, -0.25) is 9.10 Å². The Balaban J connectivity index is 2.13. The number of carbonyl (C=O) groups is 1. The van der Waals surface area contributed by atoms with Gasteiger partial charge in [-0.1, -0.05) is 62.4 Å². The van der Waals surface area contributed by atoms with Gasteiger partial charge in [0.25, 0.3) is 0 Å². The fourth-order valence-corrected chi connectivity index (χ4v) is 3.95. The van der Waals surface area contributed by atoms with E-state index in [2.05, 4.69) is 0 Å². The zero-order valence-electron chi connectivity index (χ0n) is 16.4. The molecule has 27 heavy (non-hydrogen) atoms. The van der Waals surface area contributed by atoms with Crippen molar-refractivity contribution in [2.24, 2.45) is 0 Å². The Labute approximate surface area is 162 Å². The Morgan fingerprint density at radius 3 is 2.19 bits per heavy atom. The molecule has 0 bridgehead atoms. The predicted molar refractivity (Wildman–Crippen MR) is 110 cm³/mol. The molecule has 2 aromatic rings. The Bertz CT molecular complexity index is 864. The molecule has 0 aromatic heterocycles. The van der Waals surface area contributed by atoms with E-state index in [9.17, 15) is 13.2 Å². The molecule has 0 N–H and O–H groups in total. The summed E-state index contributed by atoms with van der Waals surface area (Å²) in [6.45, 7) is 4.68. The molecular formula is C21H28N2O3S. The number of hydrogen-bond acceptors (Lipinski definition) is 3. The van der Waals surface area contributed by atoms with Crippen molar-refractivity contribution < 1.29 is 13.2 Å². The Morgan fingerprint density at radius 2 is 1.59 bits per heavy atom. The van der Waals surface area contributed by atoms with Crippen LogP contribution in [0.5, 0.6) is 0 Å². The van der Waals surface area contributed by atoms with E-state index in [1.54, 1.807) is 18.0 Å². The fraction of sp³-hybridized carbons (Fsp3) is 0.381. The summed E-state index contributed by atoms with van der Waals surface area (Å²) in [4.78, 5) is 14.2. The van der Waals surface area contributed by atoms with Crippen molar-refractivity contribution in [1.82, 2.24) is 4.90 Å². The number of benzene rings is 2.